The lowest BCUT2D eigenvalue weighted by Gasteiger charge is -2.15. The van der Waals surface area contributed by atoms with Crippen LogP contribution in [-0.2, 0) is 6.18 Å². The van der Waals surface area contributed by atoms with Crippen molar-refractivity contribution >= 4 is 29.0 Å². The molecule has 5 aromatic rings. The number of halogens is 3. The highest BCUT2D eigenvalue weighted by Crippen LogP contribution is 2.39. The number of nitrogens with one attached hydrogen (secondary N) is 4. The van der Waals surface area contributed by atoms with E-state index in [2.05, 4.69) is 46.1 Å². The van der Waals surface area contributed by atoms with E-state index in [1.54, 1.807) is 19.1 Å². The van der Waals surface area contributed by atoms with Crippen LogP contribution in [0.2, 0.25) is 0 Å². The van der Waals surface area contributed by atoms with E-state index in [0.29, 0.717) is 11.5 Å². The van der Waals surface area contributed by atoms with Crippen LogP contribution in [0.15, 0.2) is 79.4 Å². The monoisotopic (exact) mass is 547 g/mol. The lowest BCUT2D eigenvalue weighted by atomic mass is 10.1. The number of aromatic amines is 1. The Morgan fingerprint density at radius 2 is 1.65 bits per heavy atom. The van der Waals surface area contributed by atoms with E-state index in [-0.39, 0.29) is 23.2 Å². The van der Waals surface area contributed by atoms with Gasteiger partial charge in [-0.2, -0.15) is 23.3 Å². The van der Waals surface area contributed by atoms with Crippen molar-refractivity contribution in [2.75, 3.05) is 16.0 Å². The first-order valence-corrected chi connectivity index (χ1v) is 11.7. The molecule has 0 atom stereocenters. The van der Waals surface area contributed by atoms with E-state index in [1.807, 2.05) is 30.3 Å². The number of hydrogen-bond acceptors (Lipinski definition) is 8. The van der Waals surface area contributed by atoms with Gasteiger partial charge in [0.05, 0.1) is 23.8 Å². The van der Waals surface area contributed by atoms with Crippen LogP contribution in [0.1, 0.15) is 11.3 Å². The lowest BCUT2D eigenvalue weighted by Crippen LogP contribution is -2.20. The zero-order chi connectivity index (χ0) is 28.1. The molecule has 0 unspecified atom stereocenters. The molecule has 2 amide bonds. The first-order valence-electron chi connectivity index (χ1n) is 11.7. The van der Waals surface area contributed by atoms with Crippen molar-refractivity contribution < 1.29 is 22.7 Å². The zero-order valence-electron chi connectivity index (χ0n) is 20.7. The van der Waals surface area contributed by atoms with Crippen LogP contribution in [0.5, 0.6) is 11.8 Å². The zero-order valence-corrected chi connectivity index (χ0v) is 20.7. The number of anilines is 4. The quantitative estimate of drug-likeness (QED) is 0.190. The maximum absolute atomic E-state index is 13.9. The highest BCUT2D eigenvalue weighted by Gasteiger charge is 2.35. The third-order valence-corrected chi connectivity index (χ3v) is 5.32. The van der Waals surface area contributed by atoms with Gasteiger partial charge in [0.2, 0.25) is 0 Å². The molecule has 0 saturated heterocycles. The van der Waals surface area contributed by atoms with Gasteiger partial charge in [0.25, 0.3) is 0 Å². The van der Waals surface area contributed by atoms with E-state index in [0.717, 1.165) is 23.4 Å². The highest BCUT2D eigenvalue weighted by molar-refractivity contribution is 5.99. The molecule has 0 aliphatic rings. The summed E-state index contributed by atoms with van der Waals surface area (Å²) < 4.78 is 47.2. The van der Waals surface area contributed by atoms with Crippen molar-refractivity contribution in [2.45, 2.75) is 13.1 Å². The summed E-state index contributed by atoms with van der Waals surface area (Å²) in [6, 6.07) is 14.9. The minimum Gasteiger partial charge on any atom is -0.424 e. The second-order valence-electron chi connectivity index (χ2n) is 8.35. The number of alkyl halides is 3. The van der Waals surface area contributed by atoms with Gasteiger partial charge in [0.15, 0.2) is 5.82 Å². The predicted octanol–water partition coefficient (Wildman–Crippen LogP) is 6.16. The molecule has 0 aliphatic heterocycles. The third kappa shape index (κ3) is 6.48. The standard InChI is InChI=1S/C26H20F3N9O2/c1-15-9-22(35-23-11-20(37-38-23)16-5-3-2-4-6-16)36-25(32-15)40-21-8-7-17(10-19(21)26(27,28)29)33-24(39)34-18-12-30-14-31-13-18/h2-14H,1H3,(H2,33,34,39)(H2,32,35,36,37,38). The van der Waals surface area contributed by atoms with E-state index in [1.165, 1.54) is 24.8 Å². The smallest absolute Gasteiger partial charge is 0.420 e. The number of urea groups is 1. The second kappa shape index (κ2) is 11.1. The molecule has 0 radical (unpaired) electrons. The van der Waals surface area contributed by atoms with Crippen molar-refractivity contribution in [1.29, 1.82) is 0 Å². The number of rotatable bonds is 7. The van der Waals surface area contributed by atoms with Crippen LogP contribution in [0.4, 0.5) is 41.0 Å². The average Bonchev–Trinajstić information content (AvgIpc) is 3.38. The summed E-state index contributed by atoms with van der Waals surface area (Å²) in [5.74, 6) is 0.161. The van der Waals surface area contributed by atoms with Gasteiger partial charge in [-0.25, -0.2) is 19.7 Å². The maximum Gasteiger partial charge on any atom is 0.420 e. The molecule has 40 heavy (non-hydrogen) atoms. The molecule has 2 aromatic carbocycles. The van der Waals surface area contributed by atoms with Crippen LogP contribution in [0, 0.1) is 6.92 Å². The normalized spacial score (nSPS) is 11.1. The summed E-state index contributed by atoms with van der Waals surface area (Å²) in [6.07, 6.45) is -0.855. The summed E-state index contributed by atoms with van der Waals surface area (Å²) in [6.45, 7) is 1.65. The Hall–Kier alpha value is -5.53. The molecule has 202 valence electrons. The fourth-order valence-electron chi connectivity index (χ4n) is 3.61. The number of amides is 2. The van der Waals surface area contributed by atoms with Gasteiger partial charge < -0.3 is 20.7 Å². The second-order valence-corrected chi connectivity index (χ2v) is 8.35. The topological polar surface area (TPSA) is 143 Å². The number of aromatic nitrogens is 6. The number of carbonyl (C=O) groups excluding carboxylic acids is 1. The van der Waals surface area contributed by atoms with Gasteiger partial charge in [-0.05, 0) is 30.7 Å². The molecular weight excluding hydrogens is 527 g/mol. The Morgan fingerprint density at radius 3 is 2.40 bits per heavy atom. The lowest BCUT2D eigenvalue weighted by molar-refractivity contribution is -0.138. The van der Waals surface area contributed by atoms with Crippen LogP contribution in [0.3, 0.4) is 0 Å². The van der Waals surface area contributed by atoms with Crippen molar-refractivity contribution in [1.82, 2.24) is 30.1 Å². The Kier molecular flexibility index (Phi) is 7.22. The molecule has 3 aromatic heterocycles. The Labute approximate surface area is 224 Å². The Morgan fingerprint density at radius 1 is 0.900 bits per heavy atom. The van der Waals surface area contributed by atoms with E-state index in [9.17, 15) is 18.0 Å². The molecule has 3 heterocycles. The van der Waals surface area contributed by atoms with Gasteiger partial charge in [-0.15, -0.1) is 0 Å². The minimum atomic E-state index is -4.80. The van der Waals surface area contributed by atoms with Gasteiger partial charge in [0, 0.05) is 23.5 Å². The number of H-pyrrole nitrogens is 1. The molecule has 5 rings (SSSR count). The van der Waals surface area contributed by atoms with E-state index < -0.39 is 23.5 Å². The van der Waals surface area contributed by atoms with Crippen LogP contribution < -0.4 is 20.7 Å². The molecule has 0 fully saturated rings. The third-order valence-electron chi connectivity index (χ3n) is 5.32. The van der Waals surface area contributed by atoms with Gasteiger partial charge in [-0.3, -0.25) is 5.10 Å². The molecule has 0 spiro atoms. The van der Waals surface area contributed by atoms with Gasteiger partial charge in [0.1, 0.15) is 23.5 Å². The molecule has 0 saturated carbocycles. The molecule has 11 nitrogen and oxygen atoms in total. The summed E-state index contributed by atoms with van der Waals surface area (Å²) in [5, 5.41) is 14.9. The summed E-state index contributed by atoms with van der Waals surface area (Å²) >= 11 is 0. The Bertz CT molecular complexity index is 1630. The predicted molar refractivity (Wildman–Crippen MR) is 140 cm³/mol. The fourth-order valence-corrected chi connectivity index (χ4v) is 3.61. The van der Waals surface area contributed by atoms with Crippen LogP contribution in [0.25, 0.3) is 11.3 Å². The number of nitrogens with zero attached hydrogens (tertiary/aromatic N) is 5. The van der Waals surface area contributed by atoms with Crippen molar-refractivity contribution in [3.05, 3.63) is 90.6 Å². The average molecular weight is 548 g/mol. The van der Waals surface area contributed by atoms with Crippen molar-refractivity contribution in [3.63, 3.8) is 0 Å². The fraction of sp³-hybridized carbons (Fsp3) is 0.0769. The van der Waals surface area contributed by atoms with Crippen molar-refractivity contribution in [2.24, 2.45) is 0 Å². The highest BCUT2D eigenvalue weighted by atomic mass is 19.4. The molecular formula is C26H20F3N9O2. The number of benzene rings is 2. The Balaban J connectivity index is 1.33. The van der Waals surface area contributed by atoms with Gasteiger partial charge in [-0.1, -0.05) is 30.3 Å². The number of aryl methyl sites for hydroxylation is 1. The summed E-state index contributed by atoms with van der Waals surface area (Å²) in [7, 11) is 0. The molecule has 0 aliphatic carbocycles. The van der Waals surface area contributed by atoms with E-state index in [4.69, 9.17) is 4.74 Å². The van der Waals surface area contributed by atoms with Gasteiger partial charge >= 0.3 is 18.2 Å². The minimum absolute atomic E-state index is 0.116. The van der Waals surface area contributed by atoms with Crippen LogP contribution >= 0.6 is 0 Å². The first-order chi connectivity index (χ1) is 19.2. The number of carbonyl (C=O) groups is 1. The summed E-state index contributed by atoms with van der Waals surface area (Å²) in [5.41, 5.74) is 1.15. The first kappa shape index (κ1) is 26.1. The molecule has 14 heteroatoms. The largest absolute Gasteiger partial charge is 0.424 e. The van der Waals surface area contributed by atoms with Crippen molar-refractivity contribution in [3.8, 4) is 23.0 Å². The maximum atomic E-state index is 13.9. The summed E-state index contributed by atoms with van der Waals surface area (Å²) in [4.78, 5) is 28.0. The van der Waals surface area contributed by atoms with Crippen LogP contribution in [-0.4, -0.2) is 36.2 Å². The SMILES string of the molecule is Cc1cc(Nc2cc(-c3ccccc3)[nH]n2)nc(Oc2ccc(NC(=O)Nc3cncnc3)cc2C(F)(F)F)n1. The van der Waals surface area contributed by atoms with E-state index >= 15 is 0 Å². The number of hydrogen-bond donors (Lipinski definition) is 4. The molecule has 0 bridgehead atoms. The molecule has 4 N–H and O–H groups in total. The number of ether oxygens (including phenoxy) is 1.